The molecule has 0 saturated carbocycles. The maximum absolute atomic E-state index is 6.17. The number of aromatic amines is 4. The number of hydrogen-bond acceptors (Lipinski definition) is 0. The van der Waals surface area contributed by atoms with Gasteiger partial charge in [-0.25, -0.2) is 0 Å². The number of terminal acetylenes is 4. The SMILES string of the molecule is C#Cc1ccc2c(c1)/C(=C\c1ccc[nH]1)c1cc(C(c3ccc4c(c3)/C(=C/c3ccc[nH]3)c3cc(C#C)ccc3-4)(c3ccc4c(c3)/C(=C/c3ccc[nH]3)c3cc(C#C)ccc3-4)c3ccc4c(c3)/C(=C/c3ccc[nH]3)c3cc(C#C)ccc3-4)ccc1-2. The number of hydrogen-bond donors (Lipinski definition) is 4. The summed E-state index contributed by atoms with van der Waals surface area (Å²) < 4.78 is 0. The van der Waals surface area contributed by atoms with E-state index in [9.17, 15) is 0 Å². The second kappa shape index (κ2) is 19.1. The van der Waals surface area contributed by atoms with Crippen molar-refractivity contribution in [3.8, 4) is 93.9 Å². The molecule has 4 heteroatoms. The monoisotopic (exact) mass is 1080 g/mol. The number of H-pyrrole nitrogens is 4. The molecule has 0 spiro atoms. The van der Waals surface area contributed by atoms with E-state index in [4.69, 9.17) is 25.7 Å². The van der Waals surface area contributed by atoms with Crippen molar-refractivity contribution in [1.82, 2.24) is 19.9 Å². The Morgan fingerprint density at radius 3 is 0.659 bits per heavy atom. The molecular weight excluding hydrogens is 1030 g/mol. The summed E-state index contributed by atoms with van der Waals surface area (Å²) >= 11 is 0. The number of fused-ring (bicyclic) bond motifs is 12. The number of nitrogens with one attached hydrogen (secondary N) is 4. The van der Waals surface area contributed by atoms with Gasteiger partial charge in [-0.3, -0.25) is 0 Å². The van der Waals surface area contributed by atoms with Crippen LogP contribution in [0, 0.1) is 49.4 Å². The summed E-state index contributed by atoms with van der Waals surface area (Å²) in [4.78, 5) is 13.9. The molecular formula is C81H48N4. The van der Waals surface area contributed by atoms with Gasteiger partial charge in [-0.05, 0) is 279 Å². The van der Waals surface area contributed by atoms with Crippen LogP contribution in [0.25, 0.3) is 91.1 Å². The van der Waals surface area contributed by atoms with Crippen LogP contribution in [0.1, 0.15) is 112 Å². The van der Waals surface area contributed by atoms with Crippen LogP contribution in [0.3, 0.4) is 0 Å². The maximum Gasteiger partial charge on any atom is 0.0702 e. The predicted molar refractivity (Wildman–Crippen MR) is 349 cm³/mol. The minimum atomic E-state index is -1.03. The van der Waals surface area contributed by atoms with Gasteiger partial charge in [0, 0.05) is 69.8 Å². The molecule has 12 aromatic rings. The first-order valence-electron chi connectivity index (χ1n) is 28.3. The lowest BCUT2D eigenvalue weighted by molar-refractivity contribution is 0.744. The van der Waals surface area contributed by atoms with Crippen molar-refractivity contribution < 1.29 is 0 Å². The van der Waals surface area contributed by atoms with Crippen LogP contribution in [0.4, 0.5) is 0 Å². The summed E-state index contributed by atoms with van der Waals surface area (Å²) in [6.45, 7) is 0. The van der Waals surface area contributed by atoms with E-state index < -0.39 is 5.41 Å². The Balaban J connectivity index is 1.04. The molecule has 0 amide bonds. The first kappa shape index (κ1) is 48.9. The van der Waals surface area contributed by atoms with Gasteiger partial charge in [0.15, 0.2) is 0 Å². The van der Waals surface area contributed by atoms with Crippen molar-refractivity contribution in [1.29, 1.82) is 0 Å². The van der Waals surface area contributed by atoms with Crippen LogP contribution in [-0.2, 0) is 5.41 Å². The van der Waals surface area contributed by atoms with Crippen molar-refractivity contribution in [3.63, 3.8) is 0 Å². The van der Waals surface area contributed by atoms with E-state index in [1.807, 2.05) is 73.3 Å². The fourth-order valence-electron chi connectivity index (χ4n) is 13.9. The third kappa shape index (κ3) is 7.58. The van der Waals surface area contributed by atoms with Gasteiger partial charge in [-0.15, -0.1) is 25.7 Å². The normalized spacial score (nSPS) is 14.6. The molecule has 0 bridgehead atoms. The van der Waals surface area contributed by atoms with E-state index in [0.717, 1.165) is 179 Å². The van der Waals surface area contributed by atoms with E-state index >= 15 is 0 Å². The molecule has 0 saturated heterocycles. The number of benzene rings is 8. The van der Waals surface area contributed by atoms with Gasteiger partial charge in [0.05, 0.1) is 5.41 Å². The van der Waals surface area contributed by atoms with E-state index in [1.54, 1.807) is 0 Å². The van der Waals surface area contributed by atoms with Crippen molar-refractivity contribution >= 4 is 46.6 Å². The lowest BCUT2D eigenvalue weighted by Crippen LogP contribution is -2.31. The summed E-state index contributed by atoms with van der Waals surface area (Å²) in [7, 11) is 0. The molecule has 4 aliphatic rings. The average molecular weight is 1080 g/mol. The minimum absolute atomic E-state index is 0.823. The zero-order valence-corrected chi connectivity index (χ0v) is 45.9. The Morgan fingerprint density at radius 1 is 0.247 bits per heavy atom. The average Bonchev–Trinajstić information content (AvgIpc) is 1.94. The molecule has 392 valence electrons. The molecule has 16 rings (SSSR count). The molecule has 4 aliphatic carbocycles. The topological polar surface area (TPSA) is 63.2 Å². The molecule has 0 aliphatic heterocycles. The molecule has 4 aromatic heterocycles. The molecule has 0 fully saturated rings. The first-order valence-corrected chi connectivity index (χ1v) is 28.3. The lowest BCUT2D eigenvalue weighted by atomic mass is 9.63. The van der Waals surface area contributed by atoms with Crippen molar-refractivity contribution in [2.75, 3.05) is 0 Å². The highest BCUT2D eigenvalue weighted by atomic mass is 14.7. The Kier molecular flexibility index (Phi) is 11.0. The van der Waals surface area contributed by atoms with Crippen molar-refractivity contribution in [2.45, 2.75) is 5.41 Å². The van der Waals surface area contributed by atoms with Crippen molar-refractivity contribution in [3.05, 3.63) is 331 Å². The molecule has 0 unspecified atom stereocenters. The third-order valence-corrected chi connectivity index (χ3v) is 17.7. The van der Waals surface area contributed by atoms with Crippen molar-refractivity contribution in [2.24, 2.45) is 0 Å². The van der Waals surface area contributed by atoms with Gasteiger partial charge in [0.25, 0.3) is 0 Å². The van der Waals surface area contributed by atoms with Gasteiger partial charge in [0.2, 0.25) is 0 Å². The Labute approximate surface area is 493 Å². The van der Waals surface area contributed by atoms with E-state index in [-0.39, 0.29) is 0 Å². The molecule has 85 heavy (non-hydrogen) atoms. The molecule has 0 radical (unpaired) electrons. The predicted octanol–water partition coefficient (Wildman–Crippen LogP) is 17.6. The molecule has 8 aromatic carbocycles. The Morgan fingerprint density at radius 2 is 0.459 bits per heavy atom. The van der Waals surface area contributed by atoms with Crippen LogP contribution in [0.2, 0.25) is 0 Å². The van der Waals surface area contributed by atoms with E-state index in [0.29, 0.717) is 0 Å². The van der Waals surface area contributed by atoms with Gasteiger partial charge < -0.3 is 19.9 Å². The van der Waals surface area contributed by atoms with Crippen LogP contribution in [0.15, 0.2) is 219 Å². The number of aromatic nitrogens is 4. The third-order valence-electron chi connectivity index (χ3n) is 17.7. The zero-order valence-electron chi connectivity index (χ0n) is 45.9. The number of rotatable bonds is 8. The Hall–Kier alpha value is -11.9. The fraction of sp³-hybridized carbons (Fsp3) is 0.0123. The first-order chi connectivity index (χ1) is 41.9. The lowest BCUT2D eigenvalue weighted by Gasteiger charge is -2.38. The quantitative estimate of drug-likeness (QED) is 0.0866. The van der Waals surface area contributed by atoms with Crippen LogP contribution < -0.4 is 0 Å². The van der Waals surface area contributed by atoms with Gasteiger partial charge >= 0.3 is 0 Å². The summed E-state index contributed by atoms with van der Waals surface area (Å²) in [5.41, 5.74) is 32.7. The molecule has 4 heterocycles. The fourth-order valence-corrected chi connectivity index (χ4v) is 13.9. The van der Waals surface area contributed by atoms with Crippen LogP contribution >= 0.6 is 0 Å². The van der Waals surface area contributed by atoms with Crippen LogP contribution in [-0.4, -0.2) is 19.9 Å². The van der Waals surface area contributed by atoms with Gasteiger partial charge in [-0.1, -0.05) is 96.5 Å². The summed E-state index contributed by atoms with van der Waals surface area (Å²) in [6.07, 6.45) is 41.6. The molecule has 4 nitrogen and oxygen atoms in total. The zero-order chi connectivity index (χ0) is 56.9. The smallest absolute Gasteiger partial charge is 0.0702 e. The van der Waals surface area contributed by atoms with E-state index in [1.165, 1.54) is 0 Å². The highest BCUT2D eigenvalue weighted by Gasteiger charge is 2.43. The van der Waals surface area contributed by atoms with Gasteiger partial charge in [-0.2, -0.15) is 0 Å². The second-order valence-corrected chi connectivity index (χ2v) is 22.1. The highest BCUT2D eigenvalue weighted by Crippen LogP contribution is 2.57. The molecule has 0 atom stereocenters. The molecule has 4 N–H and O–H groups in total. The Bertz CT molecular complexity index is 4480. The second-order valence-electron chi connectivity index (χ2n) is 22.1. The van der Waals surface area contributed by atoms with E-state index in [2.05, 4.69) is 214 Å². The van der Waals surface area contributed by atoms with Gasteiger partial charge in [0.1, 0.15) is 0 Å². The summed E-state index contributed by atoms with van der Waals surface area (Å²) in [5.74, 6) is 11.7. The standard InChI is InChI=1S/C81H48N4/c1-5-49-17-25-61-65-29-21-53(41-73(65)77(69(61)37-49)45-57-13-9-33-82-57)81(54-22-30-66-62-26-18-50(6-2)38-70(62)78(74(66)42-54)46-58-14-10-34-83-58,55-23-31-67-63-27-19-51(7-3)39-71(63)79(75(67)43-55)47-59-15-11-35-84-59)56-24-32-68-64-28-20-52(8-4)40-72(64)80(76(68)44-56)48-60-16-12-36-85-60/h1-4,9-48,82-85H/b77-45+,78-46+,79-47+,80-48+. The minimum Gasteiger partial charge on any atom is -0.362 e. The largest absolute Gasteiger partial charge is 0.362 e. The summed E-state index contributed by atoms with van der Waals surface area (Å²) in [6, 6.07) is 70.7. The summed E-state index contributed by atoms with van der Waals surface area (Å²) in [5, 5.41) is 0. The highest BCUT2D eigenvalue weighted by molar-refractivity contribution is 6.11. The maximum atomic E-state index is 6.17. The van der Waals surface area contributed by atoms with Crippen LogP contribution in [0.5, 0.6) is 0 Å².